The molecule has 1 aliphatic heterocycles. The lowest BCUT2D eigenvalue weighted by atomic mass is 10.00. The molecule has 1 rings (SSSR count). The Hall–Kier alpha value is -1.06. The molecule has 0 saturated carbocycles. The van der Waals surface area contributed by atoms with E-state index in [2.05, 4.69) is 5.32 Å². The van der Waals surface area contributed by atoms with Crippen LogP contribution in [0.3, 0.4) is 0 Å². The van der Waals surface area contributed by atoms with Crippen molar-refractivity contribution < 1.29 is 14.3 Å². The minimum Gasteiger partial charge on any atom is -0.465 e. The maximum absolute atomic E-state index is 11.3. The van der Waals surface area contributed by atoms with E-state index in [1.54, 1.807) is 0 Å². The van der Waals surface area contributed by atoms with Crippen LogP contribution in [0, 0.1) is 5.92 Å². The first kappa shape index (κ1) is 10.0. The Morgan fingerprint density at radius 3 is 3.00 bits per heavy atom. The smallest absolute Gasteiger partial charge is 0.310 e. The third-order valence-electron chi connectivity index (χ3n) is 2.05. The second-order valence-electron chi connectivity index (χ2n) is 3.21. The Balaban J connectivity index is 2.27. The van der Waals surface area contributed by atoms with Crippen LogP contribution in [0.25, 0.3) is 0 Å². The molecule has 1 atom stereocenters. The number of esters is 1. The summed E-state index contributed by atoms with van der Waals surface area (Å²) in [5, 5.41) is 2.65. The van der Waals surface area contributed by atoms with Crippen LogP contribution < -0.4 is 5.32 Å². The third kappa shape index (κ3) is 3.05. The Labute approximate surface area is 77.6 Å². The highest BCUT2D eigenvalue weighted by Crippen LogP contribution is 2.12. The lowest BCUT2D eigenvalue weighted by Gasteiger charge is -2.20. The number of amides is 1. The third-order valence-corrected chi connectivity index (χ3v) is 2.05. The number of hydrogen-bond donors (Lipinski definition) is 1. The van der Waals surface area contributed by atoms with E-state index < -0.39 is 0 Å². The molecule has 0 aromatic heterocycles. The first-order valence-corrected chi connectivity index (χ1v) is 4.67. The molecule has 1 heterocycles. The van der Waals surface area contributed by atoms with Crippen molar-refractivity contribution in [3.05, 3.63) is 0 Å². The number of ether oxygens (including phenoxy) is 1. The van der Waals surface area contributed by atoms with Crippen molar-refractivity contribution in [2.24, 2.45) is 5.92 Å². The first-order valence-electron chi connectivity index (χ1n) is 4.67. The lowest BCUT2D eigenvalue weighted by Crippen LogP contribution is -2.39. The zero-order valence-corrected chi connectivity index (χ0v) is 7.84. The van der Waals surface area contributed by atoms with Crippen LogP contribution in [-0.4, -0.2) is 25.0 Å². The molecule has 4 nitrogen and oxygen atoms in total. The average Bonchev–Trinajstić information content (AvgIpc) is 2.15. The summed E-state index contributed by atoms with van der Waals surface area (Å²) in [6.45, 7) is 2.86. The molecule has 0 aromatic rings. The number of hydrogen-bond acceptors (Lipinski definition) is 3. The Kier molecular flexibility index (Phi) is 3.73. The Bertz CT molecular complexity index is 193. The van der Waals surface area contributed by atoms with Gasteiger partial charge in [-0.2, -0.15) is 0 Å². The maximum Gasteiger partial charge on any atom is 0.310 e. The SMILES string of the molecule is CCCOC(=O)C1CCC(=O)NC1. The van der Waals surface area contributed by atoms with Gasteiger partial charge in [-0.15, -0.1) is 0 Å². The standard InChI is InChI=1S/C9H15NO3/c1-2-5-13-9(12)7-3-4-8(11)10-6-7/h7H,2-6H2,1H3,(H,10,11). The second-order valence-corrected chi connectivity index (χ2v) is 3.21. The molecule has 1 amide bonds. The van der Waals surface area contributed by atoms with Crippen molar-refractivity contribution in [3.63, 3.8) is 0 Å². The molecule has 1 N–H and O–H groups in total. The van der Waals surface area contributed by atoms with Gasteiger partial charge in [0.2, 0.25) is 5.91 Å². The van der Waals surface area contributed by atoms with Crippen molar-refractivity contribution in [2.45, 2.75) is 26.2 Å². The summed E-state index contributed by atoms with van der Waals surface area (Å²) in [4.78, 5) is 22.1. The Morgan fingerprint density at radius 1 is 1.69 bits per heavy atom. The number of piperidine rings is 1. The van der Waals surface area contributed by atoms with Gasteiger partial charge in [0.15, 0.2) is 0 Å². The molecular formula is C9H15NO3. The van der Waals surface area contributed by atoms with E-state index in [0.29, 0.717) is 26.0 Å². The molecule has 0 aromatic carbocycles. The molecule has 0 bridgehead atoms. The zero-order chi connectivity index (χ0) is 9.68. The number of rotatable bonds is 3. The van der Waals surface area contributed by atoms with Crippen molar-refractivity contribution in [1.29, 1.82) is 0 Å². The lowest BCUT2D eigenvalue weighted by molar-refractivity contribution is -0.149. The van der Waals surface area contributed by atoms with Gasteiger partial charge in [-0.3, -0.25) is 9.59 Å². The highest BCUT2D eigenvalue weighted by Gasteiger charge is 2.25. The molecule has 74 valence electrons. The molecule has 1 fully saturated rings. The van der Waals surface area contributed by atoms with Gasteiger partial charge in [-0.1, -0.05) is 6.92 Å². The molecule has 1 unspecified atom stereocenters. The summed E-state index contributed by atoms with van der Waals surface area (Å²) in [6.07, 6.45) is 1.89. The zero-order valence-electron chi connectivity index (χ0n) is 7.84. The number of nitrogens with one attached hydrogen (secondary N) is 1. The molecule has 1 saturated heterocycles. The van der Waals surface area contributed by atoms with Crippen molar-refractivity contribution in [2.75, 3.05) is 13.2 Å². The highest BCUT2D eigenvalue weighted by molar-refractivity contribution is 5.80. The minimum absolute atomic E-state index is 0.0274. The van der Waals surface area contributed by atoms with E-state index in [1.165, 1.54) is 0 Å². The van der Waals surface area contributed by atoms with Gasteiger partial charge in [0.05, 0.1) is 12.5 Å². The van der Waals surface area contributed by atoms with Gasteiger partial charge in [0.25, 0.3) is 0 Å². The molecule has 0 spiro atoms. The van der Waals surface area contributed by atoms with E-state index in [-0.39, 0.29) is 17.8 Å². The van der Waals surface area contributed by atoms with Crippen LogP contribution in [0.15, 0.2) is 0 Å². The van der Waals surface area contributed by atoms with Gasteiger partial charge < -0.3 is 10.1 Å². The van der Waals surface area contributed by atoms with Crippen molar-refractivity contribution >= 4 is 11.9 Å². The maximum atomic E-state index is 11.3. The quantitative estimate of drug-likeness (QED) is 0.650. The molecule has 0 radical (unpaired) electrons. The molecule has 13 heavy (non-hydrogen) atoms. The summed E-state index contributed by atoms with van der Waals surface area (Å²) in [6, 6.07) is 0. The average molecular weight is 185 g/mol. The minimum atomic E-state index is -0.179. The van der Waals surface area contributed by atoms with Crippen LogP contribution in [0.2, 0.25) is 0 Å². The van der Waals surface area contributed by atoms with E-state index >= 15 is 0 Å². The summed E-state index contributed by atoms with van der Waals surface area (Å²) in [5.74, 6) is -0.286. The van der Waals surface area contributed by atoms with Crippen LogP contribution >= 0.6 is 0 Å². The van der Waals surface area contributed by atoms with Gasteiger partial charge >= 0.3 is 5.97 Å². The summed E-state index contributed by atoms with van der Waals surface area (Å²) in [5.41, 5.74) is 0. The van der Waals surface area contributed by atoms with Crippen molar-refractivity contribution in [1.82, 2.24) is 5.32 Å². The van der Waals surface area contributed by atoms with E-state index in [0.717, 1.165) is 6.42 Å². The van der Waals surface area contributed by atoms with Crippen LogP contribution in [0.5, 0.6) is 0 Å². The molecule has 1 aliphatic rings. The van der Waals surface area contributed by atoms with Crippen LogP contribution in [0.4, 0.5) is 0 Å². The predicted molar refractivity (Wildman–Crippen MR) is 47.0 cm³/mol. The van der Waals surface area contributed by atoms with Crippen LogP contribution in [-0.2, 0) is 14.3 Å². The fourth-order valence-electron chi connectivity index (χ4n) is 1.25. The normalized spacial score (nSPS) is 22.2. The summed E-state index contributed by atoms with van der Waals surface area (Å²) >= 11 is 0. The van der Waals surface area contributed by atoms with E-state index in [4.69, 9.17) is 4.74 Å². The van der Waals surface area contributed by atoms with Gasteiger partial charge in [-0.05, 0) is 12.8 Å². The second kappa shape index (κ2) is 4.84. The Morgan fingerprint density at radius 2 is 2.46 bits per heavy atom. The molecule has 0 aliphatic carbocycles. The van der Waals surface area contributed by atoms with Gasteiger partial charge in [0, 0.05) is 13.0 Å². The van der Waals surface area contributed by atoms with E-state index in [1.807, 2.05) is 6.92 Å². The largest absolute Gasteiger partial charge is 0.465 e. The monoisotopic (exact) mass is 185 g/mol. The van der Waals surface area contributed by atoms with E-state index in [9.17, 15) is 9.59 Å². The predicted octanol–water partition coefficient (Wildman–Crippen LogP) is 0.466. The fraction of sp³-hybridized carbons (Fsp3) is 0.778. The number of carbonyl (C=O) groups excluding carboxylic acids is 2. The summed E-state index contributed by atoms with van der Waals surface area (Å²) < 4.78 is 4.98. The number of carbonyl (C=O) groups is 2. The van der Waals surface area contributed by atoms with Crippen LogP contribution in [0.1, 0.15) is 26.2 Å². The first-order chi connectivity index (χ1) is 6.24. The fourth-order valence-corrected chi connectivity index (χ4v) is 1.25. The molecular weight excluding hydrogens is 170 g/mol. The van der Waals surface area contributed by atoms with Gasteiger partial charge in [0.1, 0.15) is 0 Å². The highest BCUT2D eigenvalue weighted by atomic mass is 16.5. The van der Waals surface area contributed by atoms with Crippen molar-refractivity contribution in [3.8, 4) is 0 Å². The summed E-state index contributed by atoms with van der Waals surface area (Å²) in [7, 11) is 0. The van der Waals surface area contributed by atoms with Gasteiger partial charge in [-0.25, -0.2) is 0 Å². The molecule has 4 heteroatoms. The topological polar surface area (TPSA) is 55.4 Å².